The van der Waals surface area contributed by atoms with Gasteiger partial charge < -0.3 is 28.8 Å². The molecule has 0 spiro atoms. The molecule has 0 aliphatic carbocycles. The third kappa shape index (κ3) is 5.43. The summed E-state index contributed by atoms with van der Waals surface area (Å²) in [6.45, 7) is 7.50. The predicted molar refractivity (Wildman–Crippen MR) is 114 cm³/mol. The van der Waals surface area contributed by atoms with E-state index in [1.54, 1.807) is 12.6 Å². The summed E-state index contributed by atoms with van der Waals surface area (Å²) in [7, 11) is 0. The average molecular weight is 430 g/mol. The van der Waals surface area contributed by atoms with E-state index >= 15 is 0 Å². The summed E-state index contributed by atoms with van der Waals surface area (Å²) >= 11 is 0. The molecule has 2 aromatic rings. The minimum Gasteiger partial charge on any atom is -0.467 e. The van der Waals surface area contributed by atoms with E-state index in [2.05, 4.69) is 31.9 Å². The van der Waals surface area contributed by atoms with Gasteiger partial charge in [0.05, 0.1) is 6.26 Å². The minimum atomic E-state index is -0.256. The van der Waals surface area contributed by atoms with Crippen molar-refractivity contribution in [3.8, 4) is 0 Å². The van der Waals surface area contributed by atoms with Gasteiger partial charge in [-0.15, -0.1) is 10.2 Å². The maximum absolute atomic E-state index is 12.6. The van der Waals surface area contributed by atoms with Gasteiger partial charge in [-0.3, -0.25) is 4.79 Å². The van der Waals surface area contributed by atoms with Crippen LogP contribution in [0, 0.1) is 0 Å². The molecule has 0 saturated carbocycles. The number of amides is 1. The fourth-order valence-corrected chi connectivity index (χ4v) is 3.97. The number of nitrogens with zero attached hydrogens (tertiary/aromatic N) is 6. The number of carbonyl (C=O) groups is 1. The van der Waals surface area contributed by atoms with Crippen LogP contribution in [0.3, 0.4) is 0 Å². The fourth-order valence-electron chi connectivity index (χ4n) is 3.97. The Labute approximate surface area is 182 Å². The molecule has 0 bridgehead atoms. The third-order valence-corrected chi connectivity index (χ3v) is 5.71. The molecule has 2 aliphatic rings. The van der Waals surface area contributed by atoms with Crippen molar-refractivity contribution in [3.05, 3.63) is 36.3 Å². The van der Waals surface area contributed by atoms with Crippen LogP contribution in [-0.4, -0.2) is 81.9 Å². The lowest BCUT2D eigenvalue weighted by Gasteiger charge is -2.37. The Morgan fingerprint density at radius 1 is 1.29 bits per heavy atom. The molecule has 1 amide bonds. The zero-order valence-electron chi connectivity index (χ0n) is 18.1. The number of aryl methyl sites for hydroxylation is 1. The molecule has 2 saturated heterocycles. The first-order valence-electron chi connectivity index (χ1n) is 11.1. The highest BCUT2D eigenvalue weighted by atomic mass is 16.5. The number of nitrogens with one attached hydrogen (secondary N) is 1. The Balaban J connectivity index is 1.35. The van der Waals surface area contributed by atoms with Gasteiger partial charge in [-0.2, -0.15) is 0 Å². The standard InChI is InChI=1S/C21H31N7O3/c1-2-19-25-24-16-28(19)8-7-22-21(23-15-17-5-3-13-30-17)27-11-9-26(10-12-27)20(29)18-6-4-14-31-18/h3,5,13,16,18H,2,4,6-12,14-15H2,1H3,(H,22,23). The number of aliphatic imine (C=N–C) groups is 1. The zero-order chi connectivity index (χ0) is 21.5. The molecule has 168 valence electrons. The summed E-state index contributed by atoms with van der Waals surface area (Å²) in [6.07, 6.45) is 5.81. The Morgan fingerprint density at radius 3 is 2.84 bits per heavy atom. The maximum atomic E-state index is 12.6. The Morgan fingerprint density at radius 2 is 2.13 bits per heavy atom. The molecule has 2 fully saturated rings. The number of carbonyl (C=O) groups excluding carboxylic acids is 1. The Hall–Kier alpha value is -2.88. The average Bonchev–Trinajstić information content (AvgIpc) is 3.58. The normalized spacial score (nSPS) is 19.8. The quantitative estimate of drug-likeness (QED) is 0.515. The molecule has 1 N–H and O–H groups in total. The SMILES string of the molecule is CCc1nncn1CCNC(=NCc1ccco1)N1CCN(C(=O)C2CCCO2)CC1. The van der Waals surface area contributed by atoms with Gasteiger partial charge in [0.2, 0.25) is 0 Å². The number of guanidine groups is 1. The lowest BCUT2D eigenvalue weighted by atomic mass is 10.2. The van der Waals surface area contributed by atoms with E-state index in [1.165, 1.54) is 0 Å². The van der Waals surface area contributed by atoms with Crippen LogP contribution in [0.25, 0.3) is 0 Å². The van der Waals surface area contributed by atoms with Crippen molar-refractivity contribution in [2.24, 2.45) is 4.99 Å². The van der Waals surface area contributed by atoms with Gasteiger partial charge in [-0.05, 0) is 25.0 Å². The molecule has 0 radical (unpaired) electrons. The second-order valence-electron chi connectivity index (χ2n) is 7.75. The van der Waals surface area contributed by atoms with Crippen molar-refractivity contribution >= 4 is 11.9 Å². The molecule has 4 heterocycles. The zero-order valence-corrected chi connectivity index (χ0v) is 18.1. The molecular weight excluding hydrogens is 398 g/mol. The fraction of sp³-hybridized carbons (Fsp3) is 0.619. The number of aromatic nitrogens is 3. The van der Waals surface area contributed by atoms with E-state index in [4.69, 9.17) is 14.1 Å². The van der Waals surface area contributed by atoms with Crippen molar-refractivity contribution in [1.82, 2.24) is 29.9 Å². The highest BCUT2D eigenvalue weighted by molar-refractivity contribution is 5.82. The highest BCUT2D eigenvalue weighted by Crippen LogP contribution is 2.16. The van der Waals surface area contributed by atoms with Gasteiger partial charge in [0.15, 0.2) is 5.96 Å². The lowest BCUT2D eigenvalue weighted by molar-refractivity contribution is -0.142. The molecule has 31 heavy (non-hydrogen) atoms. The Bertz CT molecular complexity index is 850. The second-order valence-corrected chi connectivity index (χ2v) is 7.75. The maximum Gasteiger partial charge on any atom is 0.251 e. The largest absolute Gasteiger partial charge is 0.467 e. The van der Waals surface area contributed by atoms with E-state index in [9.17, 15) is 4.79 Å². The number of piperazine rings is 1. The van der Waals surface area contributed by atoms with Gasteiger partial charge in [0.25, 0.3) is 5.91 Å². The van der Waals surface area contributed by atoms with Crippen molar-refractivity contribution in [2.75, 3.05) is 39.3 Å². The minimum absolute atomic E-state index is 0.124. The van der Waals surface area contributed by atoms with Crippen LogP contribution in [0.4, 0.5) is 0 Å². The molecule has 1 atom stereocenters. The van der Waals surface area contributed by atoms with Crippen molar-refractivity contribution in [3.63, 3.8) is 0 Å². The molecule has 2 aromatic heterocycles. The van der Waals surface area contributed by atoms with Crippen molar-refractivity contribution in [1.29, 1.82) is 0 Å². The molecule has 10 heteroatoms. The summed E-state index contributed by atoms with van der Waals surface area (Å²) in [6, 6.07) is 3.79. The van der Waals surface area contributed by atoms with Crippen LogP contribution in [0.5, 0.6) is 0 Å². The highest BCUT2D eigenvalue weighted by Gasteiger charge is 2.31. The molecular formula is C21H31N7O3. The van der Waals surface area contributed by atoms with E-state index < -0.39 is 0 Å². The summed E-state index contributed by atoms with van der Waals surface area (Å²) < 4.78 is 13.0. The molecule has 2 aliphatic heterocycles. The molecule has 10 nitrogen and oxygen atoms in total. The first-order valence-corrected chi connectivity index (χ1v) is 11.1. The topological polar surface area (TPSA) is 101 Å². The van der Waals surface area contributed by atoms with Crippen LogP contribution in [-0.2, 0) is 29.0 Å². The first kappa shape index (κ1) is 21.4. The van der Waals surface area contributed by atoms with Gasteiger partial charge in [-0.1, -0.05) is 6.92 Å². The first-order chi connectivity index (χ1) is 15.2. The van der Waals surface area contributed by atoms with Crippen LogP contribution in [0.15, 0.2) is 34.1 Å². The van der Waals surface area contributed by atoms with Crippen molar-refractivity contribution in [2.45, 2.75) is 45.4 Å². The number of ether oxygens (including phenoxy) is 1. The number of furan rings is 1. The predicted octanol–water partition coefficient (Wildman–Crippen LogP) is 0.903. The smallest absolute Gasteiger partial charge is 0.251 e. The summed E-state index contributed by atoms with van der Waals surface area (Å²) in [5, 5.41) is 11.6. The lowest BCUT2D eigenvalue weighted by Crippen LogP contribution is -2.55. The number of hydrogen-bond acceptors (Lipinski definition) is 6. The van der Waals surface area contributed by atoms with E-state index in [-0.39, 0.29) is 12.0 Å². The third-order valence-electron chi connectivity index (χ3n) is 5.71. The van der Waals surface area contributed by atoms with E-state index in [0.717, 1.165) is 56.4 Å². The van der Waals surface area contributed by atoms with E-state index in [0.29, 0.717) is 32.8 Å². The van der Waals surface area contributed by atoms with Crippen molar-refractivity contribution < 1.29 is 13.9 Å². The monoisotopic (exact) mass is 429 g/mol. The van der Waals surface area contributed by atoms with Gasteiger partial charge >= 0.3 is 0 Å². The van der Waals surface area contributed by atoms with Gasteiger partial charge in [0, 0.05) is 52.3 Å². The molecule has 1 unspecified atom stereocenters. The number of hydrogen-bond donors (Lipinski definition) is 1. The van der Waals surface area contributed by atoms with Crippen LogP contribution < -0.4 is 5.32 Å². The summed E-state index contributed by atoms with van der Waals surface area (Å²) in [4.78, 5) is 21.5. The number of rotatable bonds is 7. The molecule has 0 aromatic carbocycles. The van der Waals surface area contributed by atoms with Gasteiger partial charge in [0.1, 0.15) is 30.6 Å². The van der Waals surface area contributed by atoms with E-state index in [1.807, 2.05) is 17.0 Å². The van der Waals surface area contributed by atoms with Crippen LogP contribution in [0.1, 0.15) is 31.4 Å². The second kappa shape index (κ2) is 10.4. The summed E-state index contributed by atoms with van der Waals surface area (Å²) in [5.74, 6) is 2.74. The molecule has 4 rings (SSSR count). The van der Waals surface area contributed by atoms with Crippen LogP contribution in [0.2, 0.25) is 0 Å². The van der Waals surface area contributed by atoms with Crippen LogP contribution >= 0.6 is 0 Å². The Kier molecular flexibility index (Phi) is 7.18. The summed E-state index contributed by atoms with van der Waals surface area (Å²) in [5.41, 5.74) is 0. The van der Waals surface area contributed by atoms with Gasteiger partial charge in [-0.25, -0.2) is 4.99 Å².